The van der Waals surface area contributed by atoms with E-state index in [1.807, 2.05) is 0 Å². The summed E-state index contributed by atoms with van der Waals surface area (Å²) >= 11 is 0. The highest BCUT2D eigenvalue weighted by Gasteiger charge is 2.21. The second kappa shape index (κ2) is 14.7. The Balaban J connectivity index is 1.77. The van der Waals surface area contributed by atoms with E-state index in [9.17, 15) is 0 Å². The summed E-state index contributed by atoms with van der Waals surface area (Å²) in [5, 5.41) is 0. The van der Waals surface area contributed by atoms with Crippen LogP contribution in [0, 0.1) is 0 Å². The number of ether oxygens (including phenoxy) is 1. The maximum Gasteiger partial charge on any atom is 0.0686 e. The van der Waals surface area contributed by atoms with Crippen molar-refractivity contribution >= 4 is 8.80 Å². The van der Waals surface area contributed by atoms with Crippen molar-refractivity contribution in [3.63, 3.8) is 0 Å². The lowest BCUT2D eigenvalue weighted by molar-refractivity contribution is 0.0625. The molecule has 0 radical (unpaired) electrons. The highest BCUT2D eigenvalue weighted by atomic mass is 28.3. The van der Waals surface area contributed by atoms with Crippen molar-refractivity contribution in [3.05, 3.63) is 0 Å². The van der Waals surface area contributed by atoms with Crippen molar-refractivity contribution in [3.8, 4) is 0 Å². The van der Waals surface area contributed by atoms with E-state index in [0.717, 1.165) is 6.61 Å². The SMILES string of the molecule is CCCCCCCCCCCCCC[SiH](C)C1CCCCO1. The second-order valence-electron chi connectivity index (χ2n) is 7.56. The van der Waals surface area contributed by atoms with E-state index in [1.54, 1.807) is 0 Å². The van der Waals surface area contributed by atoms with Gasteiger partial charge in [0, 0.05) is 12.3 Å². The first-order valence-corrected chi connectivity index (χ1v) is 13.1. The molecule has 1 aliphatic heterocycles. The van der Waals surface area contributed by atoms with Crippen LogP contribution in [0.4, 0.5) is 0 Å². The van der Waals surface area contributed by atoms with Crippen LogP contribution in [0.25, 0.3) is 0 Å². The Hall–Kier alpha value is 0.177. The molecule has 0 spiro atoms. The highest BCUT2D eigenvalue weighted by molar-refractivity contribution is 6.58. The van der Waals surface area contributed by atoms with Crippen LogP contribution in [0.2, 0.25) is 12.6 Å². The summed E-state index contributed by atoms with van der Waals surface area (Å²) in [4.78, 5) is 0. The molecule has 1 nitrogen and oxygen atoms in total. The Morgan fingerprint density at radius 3 is 1.82 bits per heavy atom. The highest BCUT2D eigenvalue weighted by Crippen LogP contribution is 2.19. The van der Waals surface area contributed by atoms with E-state index in [-0.39, 0.29) is 0 Å². The van der Waals surface area contributed by atoms with E-state index >= 15 is 0 Å². The Kier molecular flexibility index (Phi) is 13.6. The van der Waals surface area contributed by atoms with Crippen LogP contribution in [0.3, 0.4) is 0 Å². The van der Waals surface area contributed by atoms with Crippen LogP contribution >= 0.6 is 0 Å². The van der Waals surface area contributed by atoms with Crippen molar-refractivity contribution in [2.75, 3.05) is 6.61 Å². The molecule has 0 aliphatic carbocycles. The Labute approximate surface area is 142 Å². The van der Waals surface area contributed by atoms with E-state index in [1.165, 1.54) is 102 Å². The number of unbranched alkanes of at least 4 members (excludes halogenated alkanes) is 11. The minimum Gasteiger partial charge on any atom is -0.382 e. The zero-order valence-electron chi connectivity index (χ0n) is 15.6. The summed E-state index contributed by atoms with van der Waals surface area (Å²) < 4.78 is 5.96. The molecule has 1 saturated heterocycles. The molecule has 0 N–H and O–H groups in total. The average Bonchev–Trinajstić information content (AvgIpc) is 2.56. The molecule has 0 saturated carbocycles. The third-order valence-electron chi connectivity index (χ3n) is 5.36. The van der Waals surface area contributed by atoms with Gasteiger partial charge in [0.1, 0.15) is 0 Å². The summed E-state index contributed by atoms with van der Waals surface area (Å²) in [5.74, 6) is 0. The predicted molar refractivity (Wildman–Crippen MR) is 102 cm³/mol. The van der Waals surface area contributed by atoms with Crippen LogP contribution in [-0.2, 0) is 4.74 Å². The van der Waals surface area contributed by atoms with Crippen molar-refractivity contribution in [2.24, 2.45) is 0 Å². The molecule has 22 heavy (non-hydrogen) atoms. The fraction of sp³-hybridized carbons (Fsp3) is 1.00. The van der Waals surface area contributed by atoms with Gasteiger partial charge in [-0.3, -0.25) is 0 Å². The molecular weight excluding hydrogens is 284 g/mol. The fourth-order valence-electron chi connectivity index (χ4n) is 3.71. The Bertz CT molecular complexity index is 226. The van der Waals surface area contributed by atoms with Gasteiger partial charge in [-0.25, -0.2) is 0 Å². The molecule has 1 rings (SSSR count). The molecule has 2 heteroatoms. The quantitative estimate of drug-likeness (QED) is 0.256. The van der Waals surface area contributed by atoms with Crippen molar-refractivity contribution in [2.45, 2.75) is 122 Å². The Morgan fingerprint density at radius 1 is 0.773 bits per heavy atom. The number of rotatable bonds is 14. The first kappa shape index (κ1) is 20.2. The van der Waals surface area contributed by atoms with E-state index in [0.29, 0.717) is 5.73 Å². The van der Waals surface area contributed by atoms with Gasteiger partial charge in [0.05, 0.1) is 8.80 Å². The molecule has 1 heterocycles. The molecule has 2 unspecified atom stereocenters. The summed E-state index contributed by atoms with van der Waals surface area (Å²) in [6, 6.07) is 1.52. The summed E-state index contributed by atoms with van der Waals surface area (Å²) in [5.41, 5.74) is 0.710. The van der Waals surface area contributed by atoms with Gasteiger partial charge in [0.15, 0.2) is 0 Å². The van der Waals surface area contributed by atoms with Crippen LogP contribution in [0.5, 0.6) is 0 Å². The van der Waals surface area contributed by atoms with E-state index in [2.05, 4.69) is 13.5 Å². The first-order chi connectivity index (χ1) is 10.8. The van der Waals surface area contributed by atoms with Gasteiger partial charge in [0.25, 0.3) is 0 Å². The largest absolute Gasteiger partial charge is 0.382 e. The van der Waals surface area contributed by atoms with Crippen LogP contribution in [0.15, 0.2) is 0 Å². The van der Waals surface area contributed by atoms with Crippen molar-refractivity contribution in [1.29, 1.82) is 0 Å². The predicted octanol–water partition coefficient (Wildman–Crippen LogP) is 6.65. The molecule has 0 amide bonds. The topological polar surface area (TPSA) is 9.23 Å². The van der Waals surface area contributed by atoms with Crippen molar-refractivity contribution in [1.82, 2.24) is 0 Å². The van der Waals surface area contributed by atoms with Gasteiger partial charge >= 0.3 is 0 Å². The summed E-state index contributed by atoms with van der Waals surface area (Å²) in [6.07, 6.45) is 21.6. The van der Waals surface area contributed by atoms with Gasteiger partial charge in [-0.2, -0.15) is 0 Å². The first-order valence-electron chi connectivity index (χ1n) is 10.5. The van der Waals surface area contributed by atoms with Gasteiger partial charge in [-0.05, 0) is 19.3 Å². The monoisotopic (exact) mass is 326 g/mol. The second-order valence-corrected chi connectivity index (χ2v) is 10.8. The zero-order chi connectivity index (χ0) is 15.9. The van der Waals surface area contributed by atoms with Gasteiger partial charge in [-0.15, -0.1) is 0 Å². The zero-order valence-corrected chi connectivity index (χ0v) is 16.7. The molecule has 132 valence electrons. The minimum absolute atomic E-state index is 0.590. The lowest BCUT2D eigenvalue weighted by atomic mass is 10.1. The maximum atomic E-state index is 5.96. The van der Waals surface area contributed by atoms with E-state index in [4.69, 9.17) is 4.74 Å². The fourth-order valence-corrected chi connectivity index (χ4v) is 6.28. The Morgan fingerprint density at radius 2 is 1.32 bits per heavy atom. The molecule has 0 aromatic rings. The van der Waals surface area contributed by atoms with Crippen LogP contribution in [0.1, 0.15) is 103 Å². The molecule has 0 aromatic carbocycles. The molecule has 0 bridgehead atoms. The van der Waals surface area contributed by atoms with Gasteiger partial charge < -0.3 is 4.74 Å². The number of hydrogen-bond donors (Lipinski definition) is 0. The molecule has 0 aromatic heterocycles. The third kappa shape index (κ3) is 10.8. The molecule has 2 atom stereocenters. The van der Waals surface area contributed by atoms with Gasteiger partial charge in [-0.1, -0.05) is 96.6 Å². The normalized spacial score (nSPS) is 20.2. The van der Waals surface area contributed by atoms with Crippen molar-refractivity contribution < 1.29 is 4.74 Å². The molecular formula is C20H42OSi. The number of hydrogen-bond acceptors (Lipinski definition) is 1. The third-order valence-corrected chi connectivity index (χ3v) is 8.48. The van der Waals surface area contributed by atoms with Crippen LogP contribution < -0.4 is 0 Å². The minimum atomic E-state index is -0.590. The maximum absolute atomic E-state index is 5.96. The standard InChI is InChI=1S/C20H42OSi/c1-3-4-5-6-7-8-9-10-11-12-13-16-19-22(2)20-17-14-15-18-21-20/h20,22H,3-19H2,1-2H3. The molecule has 1 fully saturated rings. The lowest BCUT2D eigenvalue weighted by Gasteiger charge is -2.27. The summed E-state index contributed by atoms with van der Waals surface area (Å²) in [7, 11) is -0.590. The van der Waals surface area contributed by atoms with E-state index < -0.39 is 8.80 Å². The average molecular weight is 327 g/mol. The molecule has 1 aliphatic rings. The smallest absolute Gasteiger partial charge is 0.0686 e. The summed E-state index contributed by atoms with van der Waals surface area (Å²) in [6.45, 7) is 5.88. The van der Waals surface area contributed by atoms with Gasteiger partial charge in [0.2, 0.25) is 0 Å². The lowest BCUT2D eigenvalue weighted by Crippen LogP contribution is -2.33. The van der Waals surface area contributed by atoms with Crippen LogP contribution in [-0.4, -0.2) is 21.1 Å².